The molecule has 14 heteroatoms. The molecule has 208 valence electrons. The molecule has 1 aliphatic carbocycles. The zero-order valence-corrected chi connectivity index (χ0v) is 22.4. The molecule has 1 unspecified atom stereocenters. The molecule has 1 aromatic carbocycles. The molecular weight excluding hydrogens is 606 g/mol. The molecule has 6 nitrogen and oxygen atoms in total. The number of aromatic nitrogens is 2. The lowest BCUT2D eigenvalue weighted by molar-refractivity contribution is 0.0297. The molecule has 38 heavy (non-hydrogen) atoms. The standard InChI is InChI=1S/C24H24BrClF6N4O2/c25-15-16(26)19-14-18(17(15)30)33-22(38-10-23-2-1-5-35(23)7-11(27)6-23)34-20(14)36(8-13(28)29)12(9-37-19)24(3-4-24)21(31)32/h11-13,21H,1-10H2/t11-,12?,23+/m1/s1. The Morgan fingerprint density at radius 2 is 1.95 bits per heavy atom. The Labute approximate surface area is 227 Å². The highest BCUT2D eigenvalue weighted by Gasteiger charge is 2.60. The van der Waals surface area contributed by atoms with Crippen molar-refractivity contribution in [2.45, 2.75) is 62.7 Å². The van der Waals surface area contributed by atoms with Crippen LogP contribution < -0.4 is 14.4 Å². The Bertz CT molecular complexity index is 1270. The summed E-state index contributed by atoms with van der Waals surface area (Å²) in [7, 11) is 0. The second-order valence-corrected chi connectivity index (χ2v) is 11.8. The molecule has 1 saturated carbocycles. The highest BCUT2D eigenvalue weighted by molar-refractivity contribution is 9.10. The van der Waals surface area contributed by atoms with E-state index in [1.54, 1.807) is 0 Å². The summed E-state index contributed by atoms with van der Waals surface area (Å²) in [6.07, 6.45) is -4.68. The molecule has 2 saturated heterocycles. The van der Waals surface area contributed by atoms with E-state index >= 15 is 4.39 Å². The van der Waals surface area contributed by atoms with Crippen LogP contribution in [0.1, 0.15) is 32.1 Å². The molecule has 3 atom stereocenters. The van der Waals surface area contributed by atoms with Crippen molar-refractivity contribution in [3.63, 3.8) is 0 Å². The predicted octanol–water partition coefficient (Wildman–Crippen LogP) is 6.02. The van der Waals surface area contributed by atoms with E-state index in [0.717, 1.165) is 11.3 Å². The van der Waals surface area contributed by atoms with Crippen LogP contribution in [-0.4, -0.2) is 78.3 Å². The zero-order valence-electron chi connectivity index (χ0n) is 20.0. The summed E-state index contributed by atoms with van der Waals surface area (Å²) < 4.78 is 97.4. The van der Waals surface area contributed by atoms with E-state index in [1.807, 2.05) is 4.90 Å². The molecule has 6 rings (SSSR count). The fourth-order valence-electron chi connectivity index (χ4n) is 6.34. The lowest BCUT2D eigenvalue weighted by Gasteiger charge is -2.36. The first-order valence-corrected chi connectivity index (χ1v) is 13.6. The van der Waals surface area contributed by atoms with E-state index in [1.165, 1.54) is 0 Å². The second-order valence-electron chi connectivity index (χ2n) is 10.6. The summed E-state index contributed by atoms with van der Waals surface area (Å²) in [5.74, 6) is -1.19. The summed E-state index contributed by atoms with van der Waals surface area (Å²) >= 11 is 9.44. The SMILES string of the molecule is Fc1c(Br)c(Cl)c2c3c(nc(OC[C@@]45CCCN4C[C@H](F)C5)nc13)N(CC(F)F)C(C1(C(F)F)CC1)CO2. The smallest absolute Gasteiger partial charge is 0.319 e. The van der Waals surface area contributed by atoms with Crippen LogP contribution in [0.15, 0.2) is 4.47 Å². The number of halogens is 8. The summed E-state index contributed by atoms with van der Waals surface area (Å²) in [5, 5.41) is -0.282. The van der Waals surface area contributed by atoms with E-state index in [0.29, 0.717) is 13.0 Å². The number of ether oxygens (including phenoxy) is 2. The normalized spacial score (nSPS) is 28.2. The molecule has 4 heterocycles. The molecule has 2 aromatic rings. The van der Waals surface area contributed by atoms with E-state index in [4.69, 9.17) is 21.1 Å². The van der Waals surface area contributed by atoms with Gasteiger partial charge in [-0.3, -0.25) is 4.90 Å². The molecule has 4 aliphatic rings. The monoisotopic (exact) mass is 628 g/mol. The third kappa shape index (κ3) is 4.09. The van der Waals surface area contributed by atoms with E-state index in [9.17, 15) is 22.0 Å². The average Bonchev–Trinajstić information content (AvgIpc) is 3.53. The Kier molecular flexibility index (Phi) is 6.58. The van der Waals surface area contributed by atoms with Gasteiger partial charge >= 0.3 is 6.01 Å². The van der Waals surface area contributed by atoms with Crippen LogP contribution in [-0.2, 0) is 0 Å². The predicted molar refractivity (Wildman–Crippen MR) is 131 cm³/mol. The van der Waals surface area contributed by atoms with E-state index in [2.05, 4.69) is 25.9 Å². The quantitative estimate of drug-likeness (QED) is 0.276. The van der Waals surface area contributed by atoms with Crippen molar-refractivity contribution >= 4 is 44.3 Å². The number of rotatable bonds is 7. The van der Waals surface area contributed by atoms with Gasteiger partial charge in [0.2, 0.25) is 6.43 Å². The molecule has 3 fully saturated rings. The third-order valence-corrected chi connectivity index (χ3v) is 9.75. The van der Waals surface area contributed by atoms with Crippen LogP contribution in [0, 0.1) is 11.2 Å². The van der Waals surface area contributed by atoms with Crippen LogP contribution in [0.4, 0.5) is 32.2 Å². The van der Waals surface area contributed by atoms with Gasteiger partial charge in [-0.05, 0) is 48.2 Å². The molecule has 0 N–H and O–H groups in total. The molecule has 0 radical (unpaired) electrons. The number of fused-ring (bicyclic) bond motifs is 1. The molecule has 0 bridgehead atoms. The maximum absolute atomic E-state index is 15.5. The van der Waals surface area contributed by atoms with E-state index in [-0.39, 0.29) is 77.0 Å². The first kappa shape index (κ1) is 26.5. The van der Waals surface area contributed by atoms with Crippen molar-refractivity contribution in [3.05, 3.63) is 15.3 Å². The molecule has 0 amide bonds. The van der Waals surface area contributed by atoms with Crippen LogP contribution >= 0.6 is 27.5 Å². The van der Waals surface area contributed by atoms with Gasteiger partial charge in [-0.2, -0.15) is 9.97 Å². The van der Waals surface area contributed by atoms with Gasteiger partial charge in [0.1, 0.15) is 35.7 Å². The van der Waals surface area contributed by atoms with Crippen molar-refractivity contribution in [2.75, 3.05) is 37.7 Å². The van der Waals surface area contributed by atoms with Crippen molar-refractivity contribution < 1.29 is 35.8 Å². The van der Waals surface area contributed by atoms with Gasteiger partial charge in [0.25, 0.3) is 6.43 Å². The van der Waals surface area contributed by atoms with Crippen molar-refractivity contribution in [1.82, 2.24) is 14.9 Å². The maximum atomic E-state index is 15.5. The first-order valence-electron chi connectivity index (χ1n) is 12.4. The minimum Gasteiger partial charge on any atom is -0.489 e. The molecule has 0 spiro atoms. The van der Waals surface area contributed by atoms with Gasteiger partial charge < -0.3 is 14.4 Å². The van der Waals surface area contributed by atoms with Crippen LogP contribution in [0.3, 0.4) is 0 Å². The molecule has 1 aromatic heterocycles. The summed E-state index contributed by atoms with van der Waals surface area (Å²) in [6.45, 7) is -0.310. The van der Waals surface area contributed by atoms with E-state index < -0.39 is 48.4 Å². The number of benzene rings is 1. The van der Waals surface area contributed by atoms with Gasteiger partial charge in [0, 0.05) is 13.0 Å². The van der Waals surface area contributed by atoms with Gasteiger partial charge in [0.05, 0.1) is 33.4 Å². The van der Waals surface area contributed by atoms with Gasteiger partial charge in [0.15, 0.2) is 11.6 Å². The summed E-state index contributed by atoms with van der Waals surface area (Å²) in [5.41, 5.74) is -2.47. The fourth-order valence-corrected chi connectivity index (χ4v) is 6.94. The highest BCUT2D eigenvalue weighted by Crippen LogP contribution is 2.57. The zero-order chi connectivity index (χ0) is 27.0. The van der Waals surface area contributed by atoms with Crippen molar-refractivity contribution in [2.24, 2.45) is 5.41 Å². The van der Waals surface area contributed by atoms with Crippen molar-refractivity contribution in [1.29, 1.82) is 0 Å². The molecule has 3 aliphatic heterocycles. The Morgan fingerprint density at radius 1 is 1.18 bits per heavy atom. The summed E-state index contributed by atoms with van der Waals surface area (Å²) in [4.78, 5) is 11.6. The van der Waals surface area contributed by atoms with Crippen LogP contribution in [0.5, 0.6) is 11.8 Å². The minimum atomic E-state index is -2.91. The first-order chi connectivity index (χ1) is 18.1. The number of hydrogen-bond acceptors (Lipinski definition) is 6. The Balaban J connectivity index is 1.48. The van der Waals surface area contributed by atoms with Crippen LogP contribution in [0.2, 0.25) is 5.02 Å². The average molecular weight is 630 g/mol. The Morgan fingerprint density at radius 3 is 2.63 bits per heavy atom. The Hall–Kier alpha value is -1.73. The lowest BCUT2D eigenvalue weighted by atomic mass is 9.95. The summed E-state index contributed by atoms with van der Waals surface area (Å²) in [6, 6.07) is -1.50. The molecular formula is C24H24BrClF6N4O2. The minimum absolute atomic E-state index is 0.0113. The number of nitrogens with zero attached hydrogens (tertiary/aromatic N) is 4. The van der Waals surface area contributed by atoms with Gasteiger partial charge in [-0.15, -0.1) is 0 Å². The maximum Gasteiger partial charge on any atom is 0.319 e. The third-order valence-electron chi connectivity index (χ3n) is 8.41. The number of alkyl halides is 5. The number of hydrogen-bond donors (Lipinski definition) is 0. The second kappa shape index (κ2) is 9.43. The highest BCUT2D eigenvalue weighted by atomic mass is 79.9. The van der Waals surface area contributed by atoms with Gasteiger partial charge in [-0.25, -0.2) is 26.3 Å². The van der Waals surface area contributed by atoms with Crippen LogP contribution in [0.25, 0.3) is 10.9 Å². The number of anilines is 1. The van der Waals surface area contributed by atoms with Crippen molar-refractivity contribution in [3.8, 4) is 11.8 Å². The van der Waals surface area contributed by atoms with Gasteiger partial charge in [-0.1, -0.05) is 11.6 Å². The lowest BCUT2D eigenvalue weighted by Crippen LogP contribution is -2.50. The fraction of sp³-hybridized carbons (Fsp3) is 0.667. The topological polar surface area (TPSA) is 50.7 Å². The largest absolute Gasteiger partial charge is 0.489 e.